The summed E-state index contributed by atoms with van der Waals surface area (Å²) in [5, 5.41) is 0. The highest BCUT2D eigenvalue weighted by Gasteiger charge is 2.21. The molecule has 6 aromatic rings. The van der Waals surface area contributed by atoms with Crippen molar-refractivity contribution in [3.63, 3.8) is 0 Å². The van der Waals surface area contributed by atoms with E-state index in [0.29, 0.717) is 11.4 Å². The first-order valence-corrected chi connectivity index (χ1v) is 14.0. The molecule has 0 aliphatic rings. The predicted molar refractivity (Wildman–Crippen MR) is 173 cm³/mol. The molecular weight excluding hydrogens is 516 g/mol. The molecule has 42 heavy (non-hydrogen) atoms. The number of hydrogen-bond acceptors (Lipinski definition) is 4. The normalized spacial score (nSPS) is 10.9. The van der Waals surface area contributed by atoms with Gasteiger partial charge in [-0.1, -0.05) is 79.7 Å². The summed E-state index contributed by atoms with van der Waals surface area (Å²) in [4.78, 5) is 0. The van der Waals surface area contributed by atoms with Crippen LogP contribution < -0.4 is 20.9 Å². The Labute approximate surface area is 246 Å². The molecule has 0 saturated carbocycles. The van der Waals surface area contributed by atoms with Gasteiger partial charge in [0.15, 0.2) is 0 Å². The molecule has 4 nitrogen and oxygen atoms in total. The number of hydrogen-bond donors (Lipinski definition) is 2. The van der Waals surface area contributed by atoms with Crippen molar-refractivity contribution in [2.45, 2.75) is 12.8 Å². The second-order valence-electron chi connectivity index (χ2n) is 10.3. The van der Waals surface area contributed by atoms with Crippen LogP contribution in [0.4, 0.5) is 11.4 Å². The summed E-state index contributed by atoms with van der Waals surface area (Å²) in [5.74, 6) is 2.92. The molecule has 0 spiro atoms. The highest BCUT2D eigenvalue weighted by molar-refractivity contribution is 5.69. The van der Waals surface area contributed by atoms with Crippen molar-refractivity contribution in [1.82, 2.24) is 0 Å². The number of nitrogen functional groups attached to an aromatic ring is 2. The fourth-order valence-electron chi connectivity index (χ4n) is 5.07. The van der Waals surface area contributed by atoms with E-state index in [2.05, 4.69) is 79.7 Å². The average molecular weight is 549 g/mol. The van der Waals surface area contributed by atoms with Crippen LogP contribution in [-0.2, 0) is 0 Å². The third-order valence-electron chi connectivity index (χ3n) is 7.38. The van der Waals surface area contributed by atoms with Crippen molar-refractivity contribution < 1.29 is 9.47 Å². The van der Waals surface area contributed by atoms with Gasteiger partial charge < -0.3 is 20.9 Å². The van der Waals surface area contributed by atoms with Gasteiger partial charge in [-0.25, -0.2) is 0 Å². The van der Waals surface area contributed by atoms with Gasteiger partial charge in [-0.05, 0) is 95.1 Å². The van der Waals surface area contributed by atoms with Gasteiger partial charge >= 0.3 is 0 Å². The molecule has 6 rings (SSSR count). The number of nitrogens with two attached hydrogens (primary N) is 2. The molecule has 0 bridgehead atoms. The van der Waals surface area contributed by atoms with Gasteiger partial charge in [0.05, 0.1) is 0 Å². The molecule has 0 amide bonds. The molecule has 6 aromatic carbocycles. The van der Waals surface area contributed by atoms with Crippen LogP contribution in [0.25, 0.3) is 22.3 Å². The van der Waals surface area contributed by atoms with E-state index in [1.165, 1.54) is 0 Å². The Morgan fingerprint density at radius 2 is 0.810 bits per heavy atom. The molecule has 0 radical (unpaired) electrons. The largest absolute Gasteiger partial charge is 0.457 e. The lowest BCUT2D eigenvalue weighted by Gasteiger charge is -2.22. The molecule has 0 aliphatic carbocycles. The Morgan fingerprint density at radius 3 is 1.19 bits per heavy atom. The smallest absolute Gasteiger partial charge is 0.131 e. The van der Waals surface area contributed by atoms with Gasteiger partial charge in [0.25, 0.3) is 0 Å². The van der Waals surface area contributed by atoms with Crippen LogP contribution in [0.3, 0.4) is 0 Å². The maximum Gasteiger partial charge on any atom is 0.131 e. The number of anilines is 2. The number of ether oxygens (including phenoxy) is 2. The quantitative estimate of drug-likeness (QED) is 0.186. The minimum absolute atomic E-state index is 0.0788. The predicted octanol–water partition coefficient (Wildman–Crippen LogP) is 9.92. The number of benzene rings is 6. The van der Waals surface area contributed by atoms with Gasteiger partial charge in [0, 0.05) is 28.4 Å². The van der Waals surface area contributed by atoms with Crippen LogP contribution in [0, 0.1) is 0 Å². The van der Waals surface area contributed by atoms with Crippen LogP contribution >= 0.6 is 0 Å². The molecular formula is C38H32N2O2. The zero-order chi connectivity index (χ0) is 28.9. The van der Waals surface area contributed by atoms with Crippen LogP contribution in [0.5, 0.6) is 23.0 Å². The summed E-state index contributed by atoms with van der Waals surface area (Å²) >= 11 is 0. The summed E-state index contributed by atoms with van der Waals surface area (Å²) in [7, 11) is 0. The Hall–Kier alpha value is -5.48. The van der Waals surface area contributed by atoms with Crippen molar-refractivity contribution in [3.05, 3.63) is 157 Å². The van der Waals surface area contributed by atoms with Crippen molar-refractivity contribution in [1.29, 1.82) is 0 Å². The molecule has 0 aromatic heterocycles. The van der Waals surface area contributed by atoms with Gasteiger partial charge in [-0.2, -0.15) is 0 Å². The standard InChI is InChI=1S/C38H32N2O2/c1-26(35-24-29(27-8-4-2-5-9-27)12-22-37(35)41-33-18-14-31(39)15-19-33)36-25-30(28-10-6-3-7-11-28)13-23-38(36)42-34-20-16-32(40)17-21-34/h2-26H,39-40H2,1H3. The second-order valence-corrected chi connectivity index (χ2v) is 10.3. The molecule has 4 N–H and O–H groups in total. The lowest BCUT2D eigenvalue weighted by molar-refractivity contribution is 0.466. The highest BCUT2D eigenvalue weighted by Crippen LogP contribution is 2.42. The first-order chi connectivity index (χ1) is 20.5. The van der Waals surface area contributed by atoms with Crippen molar-refractivity contribution in [3.8, 4) is 45.3 Å². The van der Waals surface area contributed by atoms with E-state index in [4.69, 9.17) is 20.9 Å². The molecule has 0 saturated heterocycles. The van der Waals surface area contributed by atoms with Crippen LogP contribution in [0.15, 0.2) is 146 Å². The maximum atomic E-state index is 6.47. The van der Waals surface area contributed by atoms with Crippen molar-refractivity contribution in [2.24, 2.45) is 0 Å². The van der Waals surface area contributed by atoms with E-state index in [-0.39, 0.29) is 5.92 Å². The summed E-state index contributed by atoms with van der Waals surface area (Å²) in [6.45, 7) is 2.19. The van der Waals surface area contributed by atoms with E-state index in [1.807, 2.05) is 72.8 Å². The first kappa shape index (κ1) is 26.7. The van der Waals surface area contributed by atoms with Crippen LogP contribution in [0.1, 0.15) is 24.0 Å². The zero-order valence-corrected chi connectivity index (χ0v) is 23.4. The first-order valence-electron chi connectivity index (χ1n) is 14.0. The molecule has 0 heterocycles. The molecule has 4 heteroatoms. The van der Waals surface area contributed by atoms with E-state index in [0.717, 1.165) is 56.4 Å². The minimum atomic E-state index is -0.0788. The van der Waals surface area contributed by atoms with Gasteiger partial charge in [0.2, 0.25) is 0 Å². The zero-order valence-electron chi connectivity index (χ0n) is 23.4. The average Bonchev–Trinajstić information content (AvgIpc) is 3.04. The topological polar surface area (TPSA) is 70.5 Å². The van der Waals surface area contributed by atoms with Crippen LogP contribution in [-0.4, -0.2) is 0 Å². The Bertz CT molecular complexity index is 1650. The van der Waals surface area contributed by atoms with Gasteiger partial charge in [-0.15, -0.1) is 0 Å². The van der Waals surface area contributed by atoms with Crippen molar-refractivity contribution >= 4 is 11.4 Å². The fraction of sp³-hybridized carbons (Fsp3) is 0.0526. The van der Waals surface area contributed by atoms with E-state index >= 15 is 0 Å². The summed E-state index contributed by atoms with van der Waals surface area (Å²) in [6.07, 6.45) is 0. The fourth-order valence-corrected chi connectivity index (χ4v) is 5.07. The highest BCUT2D eigenvalue weighted by atomic mass is 16.5. The number of rotatable bonds is 8. The summed E-state index contributed by atoms with van der Waals surface area (Å²) in [5.41, 5.74) is 19.8. The third kappa shape index (κ3) is 5.98. The molecule has 206 valence electrons. The maximum absolute atomic E-state index is 6.47. The molecule has 0 unspecified atom stereocenters. The molecule has 0 fully saturated rings. The minimum Gasteiger partial charge on any atom is -0.457 e. The summed E-state index contributed by atoms with van der Waals surface area (Å²) < 4.78 is 12.9. The van der Waals surface area contributed by atoms with Gasteiger partial charge in [-0.3, -0.25) is 0 Å². The lowest BCUT2D eigenvalue weighted by atomic mass is 9.87. The molecule has 0 atom stereocenters. The van der Waals surface area contributed by atoms with Crippen molar-refractivity contribution in [2.75, 3.05) is 11.5 Å². The lowest BCUT2D eigenvalue weighted by Crippen LogP contribution is -2.03. The Kier molecular flexibility index (Phi) is 7.60. The van der Waals surface area contributed by atoms with Crippen LogP contribution in [0.2, 0.25) is 0 Å². The van der Waals surface area contributed by atoms with E-state index in [9.17, 15) is 0 Å². The SMILES string of the molecule is CC(c1cc(-c2ccccc2)ccc1Oc1ccc(N)cc1)c1cc(-c2ccccc2)ccc1Oc1ccc(N)cc1. The van der Waals surface area contributed by atoms with Gasteiger partial charge in [0.1, 0.15) is 23.0 Å². The summed E-state index contributed by atoms with van der Waals surface area (Å²) in [6, 6.07) is 48.4. The third-order valence-corrected chi connectivity index (χ3v) is 7.38. The van der Waals surface area contributed by atoms with E-state index < -0.39 is 0 Å². The monoisotopic (exact) mass is 548 g/mol. The Morgan fingerprint density at radius 1 is 0.429 bits per heavy atom. The van der Waals surface area contributed by atoms with E-state index in [1.54, 1.807) is 0 Å². The Balaban J connectivity index is 1.48. The molecule has 0 aliphatic heterocycles. The second kappa shape index (κ2) is 11.9.